The lowest BCUT2D eigenvalue weighted by atomic mass is 9.53. The number of rotatable bonds is 1. The van der Waals surface area contributed by atoms with Gasteiger partial charge in [0.2, 0.25) is 0 Å². The molecule has 4 aliphatic carbocycles. The first-order chi connectivity index (χ1) is 10.0. The van der Waals surface area contributed by atoms with Crippen molar-refractivity contribution in [1.29, 1.82) is 0 Å². The van der Waals surface area contributed by atoms with Crippen LogP contribution >= 0.6 is 0 Å². The Bertz CT molecular complexity index is 391. The van der Waals surface area contributed by atoms with Gasteiger partial charge < -0.3 is 15.0 Å². The zero-order valence-electron chi connectivity index (χ0n) is 13.3. The van der Waals surface area contributed by atoms with Crippen LogP contribution in [0.5, 0.6) is 0 Å². The van der Waals surface area contributed by atoms with E-state index >= 15 is 0 Å². The van der Waals surface area contributed by atoms with Crippen LogP contribution in [0.3, 0.4) is 0 Å². The van der Waals surface area contributed by atoms with Crippen molar-refractivity contribution in [3.8, 4) is 0 Å². The zero-order valence-corrected chi connectivity index (χ0v) is 13.3. The average Bonchev–Trinajstić information content (AvgIpc) is 2.35. The van der Waals surface area contributed by atoms with Crippen LogP contribution in [0.4, 0.5) is 4.79 Å². The van der Waals surface area contributed by atoms with E-state index < -0.39 is 0 Å². The van der Waals surface area contributed by atoms with Crippen molar-refractivity contribution in [2.75, 3.05) is 13.1 Å². The van der Waals surface area contributed by atoms with Crippen molar-refractivity contribution >= 4 is 6.03 Å². The van der Waals surface area contributed by atoms with E-state index in [1.807, 2.05) is 4.90 Å². The summed E-state index contributed by atoms with van der Waals surface area (Å²) in [6.45, 7) is 5.56. The Morgan fingerprint density at radius 3 is 1.95 bits per heavy atom. The highest BCUT2D eigenvalue weighted by Crippen LogP contribution is 2.55. The molecule has 0 aromatic heterocycles. The number of morpholine rings is 1. The topological polar surface area (TPSA) is 41.6 Å². The van der Waals surface area contributed by atoms with Crippen LogP contribution in [0.2, 0.25) is 0 Å². The Hall–Kier alpha value is -0.770. The molecule has 4 heteroatoms. The third-order valence-electron chi connectivity index (χ3n) is 6.12. The molecule has 0 aromatic carbocycles. The van der Waals surface area contributed by atoms with Crippen LogP contribution in [0.1, 0.15) is 52.4 Å². The van der Waals surface area contributed by atoms with Crippen LogP contribution in [-0.2, 0) is 4.74 Å². The van der Waals surface area contributed by atoms with E-state index in [1.165, 1.54) is 38.5 Å². The molecule has 1 N–H and O–H groups in total. The van der Waals surface area contributed by atoms with E-state index in [-0.39, 0.29) is 23.8 Å². The molecular formula is C17H28N2O2. The number of urea groups is 1. The van der Waals surface area contributed by atoms with Gasteiger partial charge in [-0.15, -0.1) is 0 Å². The maximum atomic E-state index is 12.7. The monoisotopic (exact) mass is 292 g/mol. The van der Waals surface area contributed by atoms with Gasteiger partial charge in [0, 0.05) is 18.6 Å². The fourth-order valence-corrected chi connectivity index (χ4v) is 5.91. The summed E-state index contributed by atoms with van der Waals surface area (Å²) in [5.74, 6) is 2.62. The fraction of sp³-hybridized carbons (Fsp3) is 0.941. The second kappa shape index (κ2) is 4.87. The Morgan fingerprint density at radius 2 is 1.48 bits per heavy atom. The normalized spacial score (nSPS) is 48.5. The van der Waals surface area contributed by atoms with Crippen molar-refractivity contribution in [3.05, 3.63) is 0 Å². The van der Waals surface area contributed by atoms with Crippen molar-refractivity contribution < 1.29 is 9.53 Å². The zero-order chi connectivity index (χ0) is 14.6. The Morgan fingerprint density at radius 1 is 1.00 bits per heavy atom. The quantitative estimate of drug-likeness (QED) is 0.807. The van der Waals surface area contributed by atoms with E-state index in [9.17, 15) is 4.79 Å². The van der Waals surface area contributed by atoms with Crippen molar-refractivity contribution in [3.63, 3.8) is 0 Å². The SMILES string of the molecule is C[C@H]1CN(C(=O)NC23CC4CC(CC(C4)C2)C3)C[C@H](C)O1. The fourth-order valence-electron chi connectivity index (χ4n) is 5.91. The minimum Gasteiger partial charge on any atom is -0.372 e. The molecule has 1 heterocycles. The van der Waals surface area contributed by atoms with Gasteiger partial charge in [-0.25, -0.2) is 4.79 Å². The molecule has 21 heavy (non-hydrogen) atoms. The molecule has 1 aliphatic heterocycles. The first kappa shape index (κ1) is 13.9. The number of ether oxygens (including phenoxy) is 1. The van der Waals surface area contributed by atoms with Crippen LogP contribution < -0.4 is 5.32 Å². The highest BCUT2D eigenvalue weighted by atomic mass is 16.5. The standard InChI is InChI=1S/C17H28N2O2/c1-11-9-19(10-12(2)21-11)16(20)18-17-6-13-3-14(7-17)5-15(4-13)8-17/h11-15H,3-10H2,1-2H3,(H,18,20)/t11-,12-,13?,14?,15?,17?/m0/s1. The van der Waals surface area contributed by atoms with Gasteiger partial charge in [-0.05, 0) is 70.1 Å². The molecule has 0 aromatic rings. The third kappa shape index (κ3) is 2.56. The van der Waals surface area contributed by atoms with Crippen LogP contribution in [0.25, 0.3) is 0 Å². The summed E-state index contributed by atoms with van der Waals surface area (Å²) in [5.41, 5.74) is 0.122. The number of carbonyl (C=O) groups excluding carboxylic acids is 1. The molecule has 118 valence electrons. The van der Waals surface area contributed by atoms with Gasteiger partial charge in [0.1, 0.15) is 0 Å². The molecule has 0 spiro atoms. The molecule has 2 amide bonds. The van der Waals surface area contributed by atoms with E-state index in [1.54, 1.807) is 0 Å². The molecule has 4 bridgehead atoms. The van der Waals surface area contributed by atoms with E-state index in [4.69, 9.17) is 4.74 Å². The maximum Gasteiger partial charge on any atom is 0.318 e. The number of carbonyl (C=O) groups is 1. The number of amides is 2. The predicted octanol–water partition coefficient (Wildman–Crippen LogP) is 2.77. The lowest BCUT2D eigenvalue weighted by Gasteiger charge is -2.57. The van der Waals surface area contributed by atoms with E-state index in [2.05, 4.69) is 19.2 Å². The first-order valence-electron chi connectivity index (χ1n) is 8.74. The number of hydrogen-bond donors (Lipinski definition) is 1. The maximum absolute atomic E-state index is 12.7. The van der Waals surface area contributed by atoms with Gasteiger partial charge in [-0.1, -0.05) is 0 Å². The van der Waals surface area contributed by atoms with Crippen LogP contribution in [0.15, 0.2) is 0 Å². The van der Waals surface area contributed by atoms with Crippen molar-refractivity contribution in [2.24, 2.45) is 17.8 Å². The number of nitrogens with one attached hydrogen (secondary N) is 1. The Labute approximate surface area is 127 Å². The van der Waals surface area contributed by atoms with Gasteiger partial charge in [-0.3, -0.25) is 0 Å². The first-order valence-corrected chi connectivity index (χ1v) is 8.74. The molecule has 0 unspecified atom stereocenters. The van der Waals surface area contributed by atoms with Gasteiger partial charge >= 0.3 is 6.03 Å². The third-order valence-corrected chi connectivity index (χ3v) is 6.12. The van der Waals surface area contributed by atoms with E-state index in [0.29, 0.717) is 0 Å². The van der Waals surface area contributed by atoms with Gasteiger partial charge in [0.15, 0.2) is 0 Å². The second-order valence-electron chi connectivity index (χ2n) is 8.29. The summed E-state index contributed by atoms with van der Waals surface area (Å²) in [6.07, 6.45) is 8.22. The molecule has 5 fully saturated rings. The predicted molar refractivity (Wildman–Crippen MR) is 81.0 cm³/mol. The Kier molecular flexibility index (Phi) is 3.21. The molecular weight excluding hydrogens is 264 g/mol. The number of hydrogen-bond acceptors (Lipinski definition) is 2. The highest BCUT2D eigenvalue weighted by molar-refractivity contribution is 5.75. The summed E-state index contributed by atoms with van der Waals surface area (Å²) >= 11 is 0. The Balaban J connectivity index is 1.44. The largest absolute Gasteiger partial charge is 0.372 e. The van der Waals surface area contributed by atoms with Crippen LogP contribution in [0, 0.1) is 17.8 Å². The highest BCUT2D eigenvalue weighted by Gasteiger charge is 2.52. The lowest BCUT2D eigenvalue weighted by molar-refractivity contribution is -0.0593. The van der Waals surface area contributed by atoms with Crippen LogP contribution in [-0.4, -0.2) is 41.8 Å². The molecule has 4 saturated carbocycles. The summed E-state index contributed by atoms with van der Waals surface area (Å²) < 4.78 is 5.74. The molecule has 4 nitrogen and oxygen atoms in total. The van der Waals surface area contributed by atoms with Crippen molar-refractivity contribution in [1.82, 2.24) is 10.2 Å². The molecule has 5 rings (SSSR count). The molecule has 5 aliphatic rings. The minimum atomic E-state index is 0.122. The molecule has 0 radical (unpaired) electrons. The van der Waals surface area contributed by atoms with Gasteiger partial charge in [0.05, 0.1) is 12.2 Å². The minimum absolute atomic E-state index is 0.122. The van der Waals surface area contributed by atoms with E-state index in [0.717, 1.165) is 30.8 Å². The average molecular weight is 292 g/mol. The summed E-state index contributed by atoms with van der Waals surface area (Å²) in [6, 6.07) is 0.152. The van der Waals surface area contributed by atoms with Gasteiger partial charge in [0.25, 0.3) is 0 Å². The molecule has 2 atom stereocenters. The second-order valence-corrected chi connectivity index (χ2v) is 8.29. The summed E-state index contributed by atoms with van der Waals surface area (Å²) in [4.78, 5) is 14.7. The van der Waals surface area contributed by atoms with Gasteiger partial charge in [-0.2, -0.15) is 0 Å². The smallest absolute Gasteiger partial charge is 0.318 e. The summed E-state index contributed by atoms with van der Waals surface area (Å²) in [5, 5.41) is 3.47. The molecule has 1 saturated heterocycles. The lowest BCUT2D eigenvalue weighted by Crippen LogP contribution is -2.63. The summed E-state index contributed by atoms with van der Waals surface area (Å²) in [7, 11) is 0. The van der Waals surface area contributed by atoms with Crippen molar-refractivity contribution in [2.45, 2.75) is 70.1 Å². The number of nitrogens with zero attached hydrogens (tertiary/aromatic N) is 1.